The zero-order valence-electron chi connectivity index (χ0n) is 20.8. The van der Waals surface area contributed by atoms with Crippen molar-refractivity contribution in [3.63, 3.8) is 0 Å². The summed E-state index contributed by atoms with van der Waals surface area (Å²) >= 11 is 0. The van der Waals surface area contributed by atoms with E-state index in [9.17, 15) is 0 Å². The fraction of sp³-hybridized carbons (Fsp3) is 0.562. The minimum Gasteiger partial charge on any atom is -0.0839 e. The van der Waals surface area contributed by atoms with Gasteiger partial charge >= 0.3 is 0 Å². The van der Waals surface area contributed by atoms with Crippen LogP contribution in [0.4, 0.5) is 0 Å². The van der Waals surface area contributed by atoms with Gasteiger partial charge in [-0.1, -0.05) is 113 Å². The topological polar surface area (TPSA) is 0 Å². The summed E-state index contributed by atoms with van der Waals surface area (Å²) in [4.78, 5) is 0. The lowest BCUT2D eigenvalue weighted by atomic mass is 9.77. The van der Waals surface area contributed by atoms with Crippen molar-refractivity contribution in [1.82, 2.24) is 0 Å². The predicted molar refractivity (Wildman–Crippen MR) is 142 cm³/mol. The zero-order chi connectivity index (χ0) is 22.4. The number of hydrogen-bond donors (Lipinski definition) is 0. The van der Waals surface area contributed by atoms with Crippen LogP contribution in [0.1, 0.15) is 119 Å². The van der Waals surface area contributed by atoms with Gasteiger partial charge in [-0.2, -0.15) is 0 Å². The molecule has 0 nitrogen and oxygen atoms in total. The summed E-state index contributed by atoms with van der Waals surface area (Å²) < 4.78 is 0. The third-order valence-electron chi connectivity index (χ3n) is 7.46. The molecule has 1 fully saturated rings. The van der Waals surface area contributed by atoms with Crippen LogP contribution in [0.5, 0.6) is 0 Å². The molecule has 0 spiro atoms. The highest BCUT2D eigenvalue weighted by molar-refractivity contribution is 5.49. The molecule has 0 saturated heterocycles. The highest BCUT2D eigenvalue weighted by Gasteiger charge is 2.21. The van der Waals surface area contributed by atoms with E-state index in [-0.39, 0.29) is 0 Å². The minimum absolute atomic E-state index is 0.800. The van der Waals surface area contributed by atoms with E-state index in [2.05, 4.69) is 74.5 Å². The molecule has 0 radical (unpaired) electrons. The quantitative estimate of drug-likeness (QED) is 0.277. The van der Waals surface area contributed by atoms with Crippen LogP contribution in [0.25, 0.3) is 6.08 Å². The molecule has 1 saturated carbocycles. The van der Waals surface area contributed by atoms with E-state index < -0.39 is 0 Å². The molecule has 0 bridgehead atoms. The maximum atomic E-state index is 2.41. The van der Waals surface area contributed by atoms with Crippen molar-refractivity contribution in [2.24, 2.45) is 5.92 Å². The second kappa shape index (κ2) is 14.4. The molecule has 0 heteroatoms. The Morgan fingerprint density at radius 3 is 1.94 bits per heavy atom. The Morgan fingerprint density at radius 2 is 1.31 bits per heavy atom. The largest absolute Gasteiger partial charge is 0.0839 e. The summed E-state index contributed by atoms with van der Waals surface area (Å²) in [5.74, 6) is 1.79. The van der Waals surface area contributed by atoms with Gasteiger partial charge in [0.05, 0.1) is 0 Å². The molecule has 1 aliphatic rings. The number of aryl methyl sites for hydroxylation is 2. The predicted octanol–water partition coefficient (Wildman–Crippen LogP) is 9.92. The van der Waals surface area contributed by atoms with E-state index in [4.69, 9.17) is 0 Å². The molecule has 3 rings (SSSR count). The standard InChI is InChI=1S/C32H46/c1-3-5-6-7-8-9-10-12-28-13-15-29(16-14-28)17-18-30-21-25-32(26-22-30)31-23-19-27(11-4-2)20-24-31/h10,12-16,21-22,25-27,31H,3-9,11,17-20,23-24H2,1-2H3/b12-10+. The average molecular weight is 431 g/mol. The molecular formula is C32H46. The van der Waals surface area contributed by atoms with E-state index in [1.165, 1.54) is 93.7 Å². The number of benzene rings is 2. The molecular weight excluding hydrogens is 384 g/mol. The second-order valence-corrected chi connectivity index (χ2v) is 10.1. The Morgan fingerprint density at radius 1 is 0.688 bits per heavy atom. The lowest BCUT2D eigenvalue weighted by Crippen LogP contribution is -2.13. The number of hydrogen-bond acceptors (Lipinski definition) is 0. The van der Waals surface area contributed by atoms with Crippen LogP contribution in [0, 0.1) is 5.92 Å². The third-order valence-corrected chi connectivity index (χ3v) is 7.46. The van der Waals surface area contributed by atoms with Crippen molar-refractivity contribution in [2.45, 2.75) is 110 Å². The van der Waals surface area contributed by atoms with Gasteiger partial charge in [-0.25, -0.2) is 0 Å². The smallest absolute Gasteiger partial charge is 0.0162 e. The molecule has 32 heavy (non-hydrogen) atoms. The average Bonchev–Trinajstić information content (AvgIpc) is 2.84. The molecule has 0 unspecified atom stereocenters. The minimum atomic E-state index is 0.800. The fourth-order valence-electron chi connectivity index (χ4n) is 5.32. The first kappa shape index (κ1) is 24.8. The van der Waals surface area contributed by atoms with Crippen molar-refractivity contribution in [2.75, 3.05) is 0 Å². The number of unbranched alkanes of at least 4 members (excludes halogenated alkanes) is 5. The van der Waals surface area contributed by atoms with Gasteiger partial charge in [-0.05, 0) is 85.5 Å². The maximum absolute atomic E-state index is 2.41. The van der Waals surface area contributed by atoms with E-state index in [0.29, 0.717) is 0 Å². The van der Waals surface area contributed by atoms with Crippen molar-refractivity contribution in [3.05, 3.63) is 76.9 Å². The van der Waals surface area contributed by atoms with Crippen LogP contribution < -0.4 is 0 Å². The van der Waals surface area contributed by atoms with Gasteiger partial charge in [0, 0.05) is 0 Å². The van der Waals surface area contributed by atoms with Crippen molar-refractivity contribution in [1.29, 1.82) is 0 Å². The Hall–Kier alpha value is -1.82. The molecule has 2 aromatic rings. The summed E-state index contributed by atoms with van der Waals surface area (Å²) in [5, 5.41) is 0. The Balaban J connectivity index is 1.38. The molecule has 0 aliphatic heterocycles. The molecule has 1 aliphatic carbocycles. The van der Waals surface area contributed by atoms with Gasteiger partial charge in [0.25, 0.3) is 0 Å². The molecule has 0 atom stereocenters. The van der Waals surface area contributed by atoms with Gasteiger partial charge in [0.2, 0.25) is 0 Å². The van der Waals surface area contributed by atoms with E-state index in [1.54, 1.807) is 5.56 Å². The summed E-state index contributed by atoms with van der Waals surface area (Å²) in [7, 11) is 0. The second-order valence-electron chi connectivity index (χ2n) is 10.1. The fourth-order valence-corrected chi connectivity index (χ4v) is 5.32. The van der Waals surface area contributed by atoms with Gasteiger partial charge < -0.3 is 0 Å². The van der Waals surface area contributed by atoms with Crippen molar-refractivity contribution >= 4 is 6.08 Å². The normalized spacial score (nSPS) is 18.9. The van der Waals surface area contributed by atoms with Gasteiger partial charge in [-0.15, -0.1) is 0 Å². The van der Waals surface area contributed by atoms with Crippen molar-refractivity contribution < 1.29 is 0 Å². The highest BCUT2D eigenvalue weighted by Crippen LogP contribution is 2.37. The lowest BCUT2D eigenvalue weighted by molar-refractivity contribution is 0.308. The molecule has 174 valence electrons. The Bertz CT molecular complexity index is 757. The molecule has 0 amide bonds. The number of allylic oxidation sites excluding steroid dienone is 1. The third kappa shape index (κ3) is 8.61. The Labute approximate surface area is 198 Å². The van der Waals surface area contributed by atoms with Crippen LogP contribution in [-0.2, 0) is 12.8 Å². The summed E-state index contributed by atoms with van der Waals surface area (Å²) in [6, 6.07) is 18.8. The monoisotopic (exact) mass is 430 g/mol. The first-order valence-electron chi connectivity index (χ1n) is 13.6. The summed E-state index contributed by atoms with van der Waals surface area (Å²) in [6.45, 7) is 4.60. The first-order chi connectivity index (χ1) is 15.8. The van der Waals surface area contributed by atoms with Crippen LogP contribution in [0.3, 0.4) is 0 Å². The zero-order valence-corrected chi connectivity index (χ0v) is 20.8. The van der Waals surface area contributed by atoms with Crippen LogP contribution >= 0.6 is 0 Å². The molecule has 0 heterocycles. The molecule has 0 N–H and O–H groups in total. The first-order valence-corrected chi connectivity index (χ1v) is 13.6. The van der Waals surface area contributed by atoms with Crippen molar-refractivity contribution in [3.8, 4) is 0 Å². The Kier molecular flexibility index (Phi) is 11.1. The van der Waals surface area contributed by atoms with Gasteiger partial charge in [-0.3, -0.25) is 0 Å². The van der Waals surface area contributed by atoms with E-state index >= 15 is 0 Å². The van der Waals surface area contributed by atoms with Gasteiger partial charge in [0.1, 0.15) is 0 Å². The molecule has 0 aromatic heterocycles. The SMILES string of the molecule is CCCCCCC/C=C/c1ccc(CCc2ccc(C3CCC(CCC)CC3)cc2)cc1. The number of rotatable bonds is 13. The van der Waals surface area contributed by atoms with E-state index in [0.717, 1.165) is 24.7 Å². The van der Waals surface area contributed by atoms with E-state index in [1.807, 2.05) is 0 Å². The van der Waals surface area contributed by atoms with Crippen LogP contribution in [0.15, 0.2) is 54.6 Å². The maximum Gasteiger partial charge on any atom is -0.0162 e. The summed E-state index contributed by atoms with van der Waals surface area (Å²) in [6.07, 6.45) is 23.3. The summed E-state index contributed by atoms with van der Waals surface area (Å²) in [5.41, 5.74) is 5.83. The molecule has 2 aromatic carbocycles. The van der Waals surface area contributed by atoms with Crippen LogP contribution in [-0.4, -0.2) is 0 Å². The van der Waals surface area contributed by atoms with Gasteiger partial charge in [0.15, 0.2) is 0 Å². The highest BCUT2D eigenvalue weighted by atomic mass is 14.3. The lowest BCUT2D eigenvalue weighted by Gasteiger charge is -2.28. The van der Waals surface area contributed by atoms with Crippen LogP contribution in [0.2, 0.25) is 0 Å².